The monoisotopic (exact) mass is 158 g/mol. The zero-order chi connectivity index (χ0) is 6.97. The summed E-state index contributed by atoms with van der Waals surface area (Å²) in [6, 6.07) is 0. The number of fused-ring (bicyclic) bond motifs is 1. The lowest BCUT2D eigenvalue weighted by molar-refractivity contribution is 0.317. The van der Waals surface area contributed by atoms with Crippen molar-refractivity contribution in [2.75, 3.05) is 5.75 Å². The van der Waals surface area contributed by atoms with Gasteiger partial charge in [0.05, 0.1) is 12.2 Å². The molecule has 3 atom stereocenters. The van der Waals surface area contributed by atoms with Gasteiger partial charge in [-0.3, -0.25) is 0 Å². The molecule has 0 spiro atoms. The van der Waals surface area contributed by atoms with E-state index >= 15 is 0 Å². The lowest BCUT2D eigenvalue weighted by Gasteiger charge is -2.16. The third-order valence-electron chi connectivity index (χ3n) is 2.65. The van der Waals surface area contributed by atoms with E-state index in [1.165, 1.54) is 25.7 Å². The van der Waals surface area contributed by atoms with E-state index in [1.807, 2.05) is 0 Å². The van der Waals surface area contributed by atoms with Gasteiger partial charge in [-0.1, -0.05) is 6.42 Å². The highest BCUT2D eigenvalue weighted by Crippen LogP contribution is 2.42. The Morgan fingerprint density at radius 3 is 3.10 bits per heavy atom. The summed E-state index contributed by atoms with van der Waals surface area (Å²) in [4.78, 5) is 0. The van der Waals surface area contributed by atoms with E-state index in [1.54, 1.807) is 0 Å². The molecule has 1 nitrogen and oxygen atoms in total. The van der Waals surface area contributed by atoms with Crippen LogP contribution in [0.3, 0.4) is 0 Å². The molecule has 2 heteroatoms. The fraction of sp³-hybridized carbons (Fsp3) is 1.00. The van der Waals surface area contributed by atoms with Crippen molar-refractivity contribution < 1.29 is 4.74 Å². The van der Waals surface area contributed by atoms with Crippen LogP contribution in [0.2, 0.25) is 0 Å². The topological polar surface area (TPSA) is 12.5 Å². The third kappa shape index (κ3) is 1.19. The normalized spacial score (nSPS) is 44.7. The van der Waals surface area contributed by atoms with Crippen LogP contribution in [0, 0.1) is 5.92 Å². The van der Waals surface area contributed by atoms with Crippen molar-refractivity contribution in [1.29, 1.82) is 0 Å². The van der Waals surface area contributed by atoms with Crippen molar-refractivity contribution in [1.82, 2.24) is 0 Å². The summed E-state index contributed by atoms with van der Waals surface area (Å²) in [5.74, 6) is 1.87. The Hall–Kier alpha value is 0.310. The molecule has 0 aromatic heterocycles. The second-order valence-electron chi connectivity index (χ2n) is 3.34. The zero-order valence-electron chi connectivity index (χ0n) is 6.12. The number of hydrogen-bond donors (Lipinski definition) is 1. The summed E-state index contributed by atoms with van der Waals surface area (Å²) in [7, 11) is 0. The molecule has 1 aliphatic heterocycles. The average molecular weight is 158 g/mol. The van der Waals surface area contributed by atoms with Crippen LogP contribution in [0.25, 0.3) is 0 Å². The first kappa shape index (κ1) is 6.99. The third-order valence-corrected chi connectivity index (χ3v) is 2.91. The summed E-state index contributed by atoms with van der Waals surface area (Å²) in [5.41, 5.74) is 0. The summed E-state index contributed by atoms with van der Waals surface area (Å²) in [5, 5.41) is 0. The molecule has 58 valence electrons. The van der Waals surface area contributed by atoms with Crippen LogP contribution < -0.4 is 0 Å². The van der Waals surface area contributed by atoms with E-state index in [0.29, 0.717) is 12.2 Å². The second-order valence-corrected chi connectivity index (χ2v) is 3.79. The van der Waals surface area contributed by atoms with Gasteiger partial charge < -0.3 is 4.74 Å². The van der Waals surface area contributed by atoms with Gasteiger partial charge in [0.25, 0.3) is 0 Å². The number of rotatable bonds is 2. The smallest absolute Gasteiger partial charge is 0.0870 e. The Balaban J connectivity index is 1.84. The summed E-state index contributed by atoms with van der Waals surface area (Å²) in [6.07, 6.45) is 6.61. The van der Waals surface area contributed by atoms with Gasteiger partial charge in [-0.25, -0.2) is 0 Å². The van der Waals surface area contributed by atoms with Gasteiger partial charge in [-0.2, -0.15) is 12.6 Å². The zero-order valence-corrected chi connectivity index (χ0v) is 7.02. The lowest BCUT2D eigenvalue weighted by atomic mass is 9.87. The Labute approximate surface area is 67.6 Å². The predicted molar refractivity (Wildman–Crippen MR) is 44.5 cm³/mol. The van der Waals surface area contributed by atoms with E-state index in [0.717, 1.165) is 11.7 Å². The van der Waals surface area contributed by atoms with E-state index < -0.39 is 0 Å². The van der Waals surface area contributed by atoms with Crippen LogP contribution in [-0.2, 0) is 4.74 Å². The highest BCUT2D eigenvalue weighted by Gasteiger charge is 2.46. The summed E-state index contributed by atoms with van der Waals surface area (Å²) in [6.45, 7) is 0. The second kappa shape index (κ2) is 2.74. The fourth-order valence-electron chi connectivity index (χ4n) is 2.02. The minimum absolute atomic E-state index is 0.640. The Morgan fingerprint density at radius 1 is 1.40 bits per heavy atom. The molecule has 1 saturated carbocycles. The molecule has 0 bridgehead atoms. The highest BCUT2D eigenvalue weighted by molar-refractivity contribution is 7.80. The van der Waals surface area contributed by atoms with Crippen LogP contribution in [0.4, 0.5) is 0 Å². The molecule has 2 aliphatic rings. The largest absolute Gasteiger partial charge is 0.369 e. The minimum Gasteiger partial charge on any atom is -0.369 e. The van der Waals surface area contributed by atoms with Gasteiger partial charge in [0.15, 0.2) is 0 Å². The molecule has 1 aliphatic carbocycles. The molecule has 0 amide bonds. The van der Waals surface area contributed by atoms with Crippen LogP contribution in [0.1, 0.15) is 25.7 Å². The summed E-state index contributed by atoms with van der Waals surface area (Å²) >= 11 is 4.23. The molecule has 0 aromatic carbocycles. The van der Waals surface area contributed by atoms with E-state index in [4.69, 9.17) is 4.74 Å². The van der Waals surface area contributed by atoms with Crippen molar-refractivity contribution in [2.45, 2.75) is 37.9 Å². The quantitative estimate of drug-likeness (QED) is 0.478. The van der Waals surface area contributed by atoms with E-state index in [2.05, 4.69) is 12.6 Å². The fourth-order valence-corrected chi connectivity index (χ4v) is 2.36. The Kier molecular flexibility index (Phi) is 1.92. The molecule has 1 heterocycles. The Bertz CT molecular complexity index is 124. The van der Waals surface area contributed by atoms with Crippen molar-refractivity contribution in [3.63, 3.8) is 0 Å². The van der Waals surface area contributed by atoms with Gasteiger partial charge in [-0.15, -0.1) is 0 Å². The SMILES string of the molecule is SCCC1CCCC2OC12. The van der Waals surface area contributed by atoms with Gasteiger partial charge in [-0.05, 0) is 30.9 Å². The first-order chi connectivity index (χ1) is 4.92. The first-order valence-electron chi connectivity index (χ1n) is 4.18. The van der Waals surface area contributed by atoms with Crippen LogP contribution in [-0.4, -0.2) is 18.0 Å². The lowest BCUT2D eigenvalue weighted by Crippen LogP contribution is -2.16. The molecule has 2 rings (SSSR count). The molecule has 0 aromatic rings. The average Bonchev–Trinajstić information content (AvgIpc) is 2.67. The van der Waals surface area contributed by atoms with Gasteiger partial charge in [0.1, 0.15) is 0 Å². The summed E-state index contributed by atoms with van der Waals surface area (Å²) < 4.78 is 5.51. The molecule has 0 radical (unpaired) electrons. The molecule has 10 heavy (non-hydrogen) atoms. The maximum absolute atomic E-state index is 5.51. The number of ether oxygens (including phenoxy) is 1. The molecule has 3 unspecified atom stereocenters. The number of epoxide rings is 1. The highest BCUT2D eigenvalue weighted by atomic mass is 32.1. The van der Waals surface area contributed by atoms with Crippen LogP contribution in [0.5, 0.6) is 0 Å². The van der Waals surface area contributed by atoms with E-state index in [9.17, 15) is 0 Å². The van der Waals surface area contributed by atoms with Crippen molar-refractivity contribution in [3.8, 4) is 0 Å². The van der Waals surface area contributed by atoms with E-state index in [-0.39, 0.29) is 0 Å². The molecule has 1 saturated heterocycles. The number of thiol groups is 1. The molecular weight excluding hydrogens is 144 g/mol. The maximum atomic E-state index is 5.51. The van der Waals surface area contributed by atoms with Gasteiger partial charge >= 0.3 is 0 Å². The predicted octanol–water partition coefficient (Wildman–Crippen LogP) is 1.87. The number of hydrogen-bond acceptors (Lipinski definition) is 2. The molecule has 2 fully saturated rings. The maximum Gasteiger partial charge on any atom is 0.0870 e. The van der Waals surface area contributed by atoms with Gasteiger partial charge in [0.2, 0.25) is 0 Å². The van der Waals surface area contributed by atoms with Gasteiger partial charge in [0, 0.05) is 0 Å². The standard InChI is InChI=1S/C8H14OS/c10-5-4-6-2-1-3-7-8(6)9-7/h6-8,10H,1-5H2. The molecular formula is C8H14OS. The molecule has 0 N–H and O–H groups in total. The van der Waals surface area contributed by atoms with Crippen LogP contribution in [0.15, 0.2) is 0 Å². The first-order valence-corrected chi connectivity index (χ1v) is 4.81. The minimum atomic E-state index is 0.640. The van der Waals surface area contributed by atoms with Crippen molar-refractivity contribution >= 4 is 12.6 Å². The Morgan fingerprint density at radius 2 is 2.30 bits per heavy atom. The van der Waals surface area contributed by atoms with Crippen molar-refractivity contribution in [2.24, 2.45) is 5.92 Å². The van der Waals surface area contributed by atoms with Crippen molar-refractivity contribution in [3.05, 3.63) is 0 Å². The van der Waals surface area contributed by atoms with Crippen LogP contribution >= 0.6 is 12.6 Å².